The van der Waals surface area contributed by atoms with Crippen molar-refractivity contribution in [2.24, 2.45) is 0 Å². The molecule has 2 atom stereocenters. The van der Waals surface area contributed by atoms with Crippen molar-refractivity contribution in [2.45, 2.75) is 174 Å². The summed E-state index contributed by atoms with van der Waals surface area (Å²) in [5.74, 6) is -1.87. The first-order valence-electron chi connectivity index (χ1n) is 25.2. The van der Waals surface area contributed by atoms with Gasteiger partial charge in [-0.1, -0.05) is 160 Å². The first kappa shape index (κ1) is 61.5. The van der Waals surface area contributed by atoms with Gasteiger partial charge in [0.25, 0.3) is 0 Å². The van der Waals surface area contributed by atoms with Crippen molar-refractivity contribution >= 4 is 17.9 Å². The molecule has 0 radical (unpaired) electrons. The van der Waals surface area contributed by atoms with Crippen molar-refractivity contribution in [2.75, 3.05) is 41.0 Å². The second-order valence-corrected chi connectivity index (χ2v) is 17.3. The Bertz CT molecular complexity index is 1530. The van der Waals surface area contributed by atoms with E-state index in [1.54, 1.807) is 21.1 Å². The minimum Gasteiger partial charge on any atom is -0.544 e. The van der Waals surface area contributed by atoms with Crippen molar-refractivity contribution in [3.63, 3.8) is 0 Å². The highest BCUT2D eigenvalue weighted by Crippen LogP contribution is 2.11. The molecule has 0 spiro atoms. The summed E-state index contributed by atoms with van der Waals surface area (Å²) >= 11 is 0. The summed E-state index contributed by atoms with van der Waals surface area (Å²) in [7, 11) is 5.37. The topological polar surface area (TPSA) is 102 Å². The summed E-state index contributed by atoms with van der Waals surface area (Å²) in [6.07, 6.45) is 67.7. The van der Waals surface area contributed by atoms with Gasteiger partial charge in [-0.3, -0.25) is 9.59 Å². The standard InChI is InChI=1S/C58H91NO7/c1-6-8-10-12-14-16-18-20-22-24-26-28-30-32-34-36-38-40-42-44-46-48-56(60)65-53-54(52-64-51-50-55(58(62)63)59(3,4)5)66-57(61)49-47-45-43-41-39-37-35-33-31-29-27-25-23-21-19-17-15-13-11-9-7-2/h9,11,14-17,20-23,26-29,32-35,38-41,54-55H,6-8,10,12-13,18-19,24-25,30-31,36-37,42-53H2,1-5H3/b11-9+,16-14+,17-15+,22-20+,23-21+,28-26+,29-27+,34-32+,35-33+,40-38+,41-39+. The van der Waals surface area contributed by atoms with E-state index < -0.39 is 18.1 Å². The number of rotatable bonds is 43. The zero-order valence-electron chi connectivity index (χ0n) is 42.0. The third-order valence-corrected chi connectivity index (χ3v) is 10.3. The summed E-state index contributed by atoms with van der Waals surface area (Å²) in [4.78, 5) is 37.0. The molecule has 0 saturated heterocycles. The van der Waals surface area contributed by atoms with Crippen molar-refractivity contribution in [3.05, 3.63) is 134 Å². The van der Waals surface area contributed by atoms with Crippen molar-refractivity contribution in [3.8, 4) is 0 Å². The molecule has 66 heavy (non-hydrogen) atoms. The number of carboxylic acids is 1. The summed E-state index contributed by atoms with van der Waals surface area (Å²) < 4.78 is 17.1. The van der Waals surface area contributed by atoms with Crippen LogP contribution < -0.4 is 5.11 Å². The minimum atomic E-state index is -1.14. The molecule has 8 nitrogen and oxygen atoms in total. The largest absolute Gasteiger partial charge is 0.544 e. The molecule has 0 heterocycles. The second kappa shape index (κ2) is 47.0. The van der Waals surface area contributed by atoms with Crippen molar-refractivity contribution < 1.29 is 38.2 Å². The number of nitrogens with zero attached hydrogens (tertiary/aromatic N) is 1. The molecular weight excluding hydrogens is 823 g/mol. The molecule has 0 saturated carbocycles. The Kier molecular flexibility index (Phi) is 43.8. The van der Waals surface area contributed by atoms with Crippen LogP contribution in [0.3, 0.4) is 0 Å². The number of carboxylic acid groups (broad SMARTS) is 1. The van der Waals surface area contributed by atoms with E-state index in [4.69, 9.17) is 14.2 Å². The molecule has 0 N–H and O–H groups in total. The number of carbonyl (C=O) groups is 3. The van der Waals surface area contributed by atoms with E-state index in [2.05, 4.69) is 148 Å². The molecule has 2 unspecified atom stereocenters. The average molecular weight is 914 g/mol. The summed E-state index contributed by atoms with van der Waals surface area (Å²) in [6.45, 7) is 4.40. The number of hydrogen-bond acceptors (Lipinski definition) is 7. The molecule has 0 aliphatic heterocycles. The first-order chi connectivity index (χ1) is 32.1. The maximum absolute atomic E-state index is 12.8. The number of quaternary nitrogens is 1. The third kappa shape index (κ3) is 44.7. The summed E-state index contributed by atoms with van der Waals surface area (Å²) in [5.41, 5.74) is 0. The Labute approximate surface area is 403 Å². The third-order valence-electron chi connectivity index (χ3n) is 10.3. The molecule has 0 aliphatic carbocycles. The van der Waals surface area contributed by atoms with Gasteiger partial charge in [-0.05, 0) is 116 Å². The van der Waals surface area contributed by atoms with E-state index >= 15 is 0 Å². The van der Waals surface area contributed by atoms with E-state index in [0.29, 0.717) is 12.8 Å². The average Bonchev–Trinajstić information content (AvgIpc) is 3.28. The van der Waals surface area contributed by atoms with Gasteiger partial charge < -0.3 is 28.6 Å². The van der Waals surface area contributed by atoms with Gasteiger partial charge in [0.2, 0.25) is 0 Å². The van der Waals surface area contributed by atoms with Crippen LogP contribution in [-0.4, -0.2) is 75.5 Å². The fraction of sp³-hybridized carbons (Fsp3) is 0.569. The molecule has 0 rings (SSSR count). The van der Waals surface area contributed by atoms with E-state index in [1.165, 1.54) is 25.7 Å². The van der Waals surface area contributed by atoms with Crippen LogP contribution in [-0.2, 0) is 28.6 Å². The van der Waals surface area contributed by atoms with Crippen LogP contribution in [0.1, 0.15) is 162 Å². The van der Waals surface area contributed by atoms with Gasteiger partial charge in [0.1, 0.15) is 12.6 Å². The molecule has 0 aromatic carbocycles. The van der Waals surface area contributed by atoms with Crippen LogP contribution in [0.15, 0.2) is 134 Å². The summed E-state index contributed by atoms with van der Waals surface area (Å²) in [5, 5.41) is 11.7. The number of likely N-dealkylation sites (N-methyl/N-ethyl adjacent to an activating group) is 1. The van der Waals surface area contributed by atoms with E-state index in [-0.39, 0.29) is 55.5 Å². The lowest BCUT2D eigenvalue weighted by Crippen LogP contribution is -2.55. The van der Waals surface area contributed by atoms with Gasteiger partial charge in [0.05, 0.1) is 40.3 Å². The zero-order valence-corrected chi connectivity index (χ0v) is 42.0. The fourth-order valence-corrected chi connectivity index (χ4v) is 6.38. The fourth-order valence-electron chi connectivity index (χ4n) is 6.38. The zero-order chi connectivity index (χ0) is 48.4. The predicted molar refractivity (Wildman–Crippen MR) is 277 cm³/mol. The SMILES string of the molecule is CC/C=C/C/C=C/C/C=C/C/C=C/C/C=C/C/C=C/CCCCC(=O)OC(COCCC(C(=O)[O-])[N+](C)(C)C)COC(=O)CCCC/C=C/C/C=C/C/C=C/C/C=C/C/C=C/CCCCC. The molecular formula is C58H91NO7. The van der Waals surface area contributed by atoms with Gasteiger partial charge in [0.15, 0.2) is 6.10 Å². The van der Waals surface area contributed by atoms with Crippen LogP contribution in [0.4, 0.5) is 0 Å². The first-order valence-corrected chi connectivity index (χ1v) is 25.2. The van der Waals surface area contributed by atoms with Crippen LogP contribution in [0.2, 0.25) is 0 Å². The Balaban J connectivity index is 4.48. The highest BCUT2D eigenvalue weighted by molar-refractivity contribution is 5.70. The van der Waals surface area contributed by atoms with Crippen LogP contribution in [0.5, 0.6) is 0 Å². The van der Waals surface area contributed by atoms with Gasteiger partial charge in [-0.2, -0.15) is 0 Å². The Hall–Kier alpha value is -4.53. The highest BCUT2D eigenvalue weighted by Gasteiger charge is 2.25. The number of unbranched alkanes of at least 4 members (excludes halogenated alkanes) is 7. The number of allylic oxidation sites excluding steroid dienone is 22. The van der Waals surface area contributed by atoms with E-state index in [0.717, 1.165) is 89.9 Å². The monoisotopic (exact) mass is 914 g/mol. The Morgan fingerprint density at radius 3 is 1.20 bits per heavy atom. The van der Waals surface area contributed by atoms with Gasteiger partial charge in [0, 0.05) is 19.3 Å². The Morgan fingerprint density at radius 1 is 0.470 bits per heavy atom. The van der Waals surface area contributed by atoms with Crippen molar-refractivity contribution in [1.29, 1.82) is 0 Å². The van der Waals surface area contributed by atoms with Crippen LogP contribution in [0, 0.1) is 0 Å². The maximum atomic E-state index is 12.8. The lowest BCUT2D eigenvalue weighted by molar-refractivity contribution is -0.889. The summed E-state index contributed by atoms with van der Waals surface area (Å²) in [6, 6.07) is -0.751. The maximum Gasteiger partial charge on any atom is 0.306 e. The number of aliphatic carboxylic acids is 1. The molecule has 0 bridgehead atoms. The lowest BCUT2D eigenvalue weighted by atomic mass is 10.1. The molecule has 0 fully saturated rings. The Morgan fingerprint density at radius 2 is 0.833 bits per heavy atom. The van der Waals surface area contributed by atoms with Crippen LogP contribution in [0.25, 0.3) is 0 Å². The number of carbonyl (C=O) groups excluding carboxylic acids is 3. The minimum absolute atomic E-state index is 0.00129. The molecule has 0 aliphatic rings. The van der Waals surface area contributed by atoms with Crippen molar-refractivity contribution in [1.82, 2.24) is 0 Å². The predicted octanol–water partition coefficient (Wildman–Crippen LogP) is 13.4. The number of hydrogen-bond donors (Lipinski definition) is 0. The molecule has 370 valence electrons. The quantitative estimate of drug-likeness (QED) is 0.0260. The van der Waals surface area contributed by atoms with Gasteiger partial charge in [-0.15, -0.1) is 0 Å². The number of ether oxygens (including phenoxy) is 3. The molecule has 0 amide bonds. The van der Waals surface area contributed by atoms with Gasteiger partial charge >= 0.3 is 11.9 Å². The lowest BCUT2D eigenvalue weighted by Gasteiger charge is -2.34. The van der Waals surface area contributed by atoms with Gasteiger partial charge in [-0.25, -0.2) is 0 Å². The van der Waals surface area contributed by atoms with Crippen LogP contribution >= 0.6 is 0 Å². The van der Waals surface area contributed by atoms with E-state index in [1.807, 2.05) is 0 Å². The molecule has 0 aromatic rings. The normalized spacial score (nSPS) is 14.0. The highest BCUT2D eigenvalue weighted by atomic mass is 16.6. The smallest absolute Gasteiger partial charge is 0.306 e. The second-order valence-electron chi connectivity index (χ2n) is 17.3. The molecule has 8 heteroatoms. The number of esters is 2. The molecule has 0 aromatic heterocycles. The van der Waals surface area contributed by atoms with E-state index in [9.17, 15) is 19.5 Å².